The summed E-state index contributed by atoms with van der Waals surface area (Å²) in [7, 11) is 0. The van der Waals surface area contributed by atoms with Crippen molar-refractivity contribution in [3.8, 4) is 0 Å². The predicted octanol–water partition coefficient (Wildman–Crippen LogP) is -6.02. The molecule has 29 nitrogen and oxygen atoms in total. The average Bonchev–Trinajstić information content (AvgIpc) is 0.674. The molecule has 0 radical (unpaired) electrons. The van der Waals surface area contributed by atoms with E-state index in [1.165, 1.54) is 6.92 Å². The Balaban J connectivity index is 0.876. The van der Waals surface area contributed by atoms with Crippen molar-refractivity contribution in [2.24, 2.45) is 50.2 Å². The van der Waals surface area contributed by atoms with Crippen LogP contribution in [0.25, 0.3) is 0 Å². The van der Waals surface area contributed by atoms with Crippen LogP contribution in [0.4, 0.5) is 0 Å². The van der Waals surface area contributed by atoms with Crippen LogP contribution in [0.2, 0.25) is 0 Å². The Kier molecular flexibility index (Phi) is 19.6. The summed E-state index contributed by atoms with van der Waals surface area (Å²) in [4.78, 5) is 15.4. The van der Waals surface area contributed by atoms with Crippen molar-refractivity contribution in [1.29, 1.82) is 0 Å². The van der Waals surface area contributed by atoms with Crippen molar-refractivity contribution in [3.05, 3.63) is 11.6 Å². The summed E-state index contributed by atoms with van der Waals surface area (Å²) in [6, 6.07) is 0. The lowest BCUT2D eigenvalue weighted by Crippen LogP contribution is -2.71. The SMILES string of the molecule is C[C@@H]1O[C@@H](O[C@H]2[C@H](OC(=O)[C@]34CCC(C)(C)C[C@H]3C3=CC[C@@H]5[C@@]6(C)C[C@H](O)[C@H](O[C@@H]7O[C@H](CO[C@@H]8O[C@H](CO)[C@@H](O)[C@H](O)[C@H]8O)[C@@H](O)[C@H](O)[C@H]7O)C(CO)(CO)[C@@H]6CC[C@@]5(C)C3(C)CC4O)OC[C@H](O)[C@@H]2O)[C@H](O)[C@H](O)[C@H]1O[C@@H]1OC[C@@H](O)[C@H](O)[C@H]1O. The van der Waals surface area contributed by atoms with Crippen molar-refractivity contribution in [2.75, 3.05) is 39.6 Å². The van der Waals surface area contributed by atoms with Gasteiger partial charge in [-0.15, -0.1) is 0 Å². The second-order valence-corrected chi connectivity index (χ2v) is 28.2. The Bertz CT molecular complexity index is 2420. The molecule has 18 N–H and O–H groups in total. The first kappa shape index (κ1) is 68.0. The lowest BCUT2D eigenvalue weighted by molar-refractivity contribution is -0.369. The Hall–Kier alpha value is -1.87. The molecule has 9 fully saturated rings. The van der Waals surface area contributed by atoms with Crippen molar-refractivity contribution in [2.45, 2.75) is 253 Å². The van der Waals surface area contributed by atoms with Gasteiger partial charge in [0.05, 0.1) is 64.1 Å². The molecule has 0 aromatic rings. The monoisotopic (exact) mass is 1250 g/mol. The van der Waals surface area contributed by atoms with Gasteiger partial charge in [-0.05, 0) is 97.7 Å². The third-order valence-corrected chi connectivity index (χ3v) is 22.9. The van der Waals surface area contributed by atoms with E-state index in [2.05, 4.69) is 33.8 Å². The maximum Gasteiger partial charge on any atom is 0.317 e. The number of aliphatic hydroxyl groups is 18. The molecule has 0 amide bonds. The second-order valence-electron chi connectivity index (χ2n) is 28.2. The van der Waals surface area contributed by atoms with Crippen LogP contribution in [-0.2, 0) is 52.2 Å². The number of aliphatic hydroxyl groups excluding tert-OH is 18. The van der Waals surface area contributed by atoms with E-state index in [0.717, 1.165) is 5.57 Å². The van der Waals surface area contributed by atoms with E-state index < -0.39 is 244 Å². The molecule has 10 aliphatic rings. The maximum atomic E-state index is 15.4. The molecule has 87 heavy (non-hydrogen) atoms. The fourth-order valence-electron chi connectivity index (χ4n) is 17.6. The minimum absolute atomic E-state index is 0.0349. The van der Waals surface area contributed by atoms with E-state index in [9.17, 15) is 91.9 Å². The molecule has 0 aromatic carbocycles. The molecule has 5 heterocycles. The van der Waals surface area contributed by atoms with Gasteiger partial charge in [-0.3, -0.25) is 4.79 Å². The Morgan fingerprint density at radius 1 is 0.563 bits per heavy atom. The summed E-state index contributed by atoms with van der Waals surface area (Å²) in [5, 5.41) is 198. The molecule has 10 rings (SSSR count). The van der Waals surface area contributed by atoms with E-state index in [4.69, 9.17) is 47.4 Å². The normalized spacial score (nSPS) is 54.0. The molecule has 2 unspecified atom stereocenters. The Labute approximate surface area is 502 Å². The third-order valence-electron chi connectivity index (χ3n) is 22.9. The Morgan fingerprint density at radius 2 is 1.14 bits per heavy atom. The fourth-order valence-corrected chi connectivity index (χ4v) is 17.6. The highest BCUT2D eigenvalue weighted by atomic mass is 16.8. The molecule has 0 aromatic heterocycles. The van der Waals surface area contributed by atoms with Gasteiger partial charge < -0.3 is 139 Å². The second kappa shape index (κ2) is 25.1. The number of hydrogen-bond acceptors (Lipinski definition) is 29. The van der Waals surface area contributed by atoms with Crippen LogP contribution in [0.1, 0.15) is 92.9 Å². The fraction of sp³-hybridized carbons (Fsp3) is 0.948. The Morgan fingerprint density at radius 3 is 1.79 bits per heavy atom. The third kappa shape index (κ3) is 11.2. The summed E-state index contributed by atoms with van der Waals surface area (Å²) < 4.78 is 58.5. The summed E-state index contributed by atoms with van der Waals surface area (Å²) >= 11 is 0. The summed E-state index contributed by atoms with van der Waals surface area (Å²) in [5.41, 5.74) is -5.07. The van der Waals surface area contributed by atoms with Crippen molar-refractivity contribution >= 4 is 5.97 Å². The molecule has 29 heteroatoms. The number of carbonyl (C=O) groups is 1. The van der Waals surface area contributed by atoms with E-state index in [1.54, 1.807) is 0 Å². The van der Waals surface area contributed by atoms with Gasteiger partial charge in [-0.25, -0.2) is 0 Å². The van der Waals surface area contributed by atoms with Gasteiger partial charge in [0.15, 0.2) is 31.3 Å². The average molecular weight is 1260 g/mol. The van der Waals surface area contributed by atoms with Gasteiger partial charge >= 0.3 is 5.97 Å². The number of carbonyl (C=O) groups excluding carboxylic acids is 1. The van der Waals surface area contributed by atoms with Gasteiger partial charge in [0, 0.05) is 5.41 Å². The number of ether oxygens (including phenoxy) is 10. The standard InChI is InChI=1S/C58H94O29/c1-22-44(84-48-40(73)33(66)26(63)17-78-48)39(72)43(76)49(81-22)85-45-34(67)27(64)18-79-51(45)87-52(77)58-12-11-53(2,3)13-24(58)23-7-8-30-54(4)14-25(62)46(57(20-60,21-61)31(54)9-10-55(30,5)56(23,6)15-32(58)65)86-50-42(75)38(71)36(69)29(83-50)19-80-47-41(74)37(70)35(68)28(16-59)82-47/h7,22,24-51,59-76H,8-21H2,1-6H3/t22-,24-,25-,26+,27-,28+,29+,30+,31+,32?,33-,34-,35+,36+,37-,38-,39-,40+,41+,42+,43+,44-,45+,46-,47+,48-,49-,50-,51-,54+,55+,56?,58+/m0/s1. The van der Waals surface area contributed by atoms with Crippen LogP contribution >= 0.6 is 0 Å². The quantitative estimate of drug-likeness (QED) is 0.0437. The van der Waals surface area contributed by atoms with Gasteiger partial charge in [-0.1, -0.05) is 46.3 Å². The van der Waals surface area contributed by atoms with Crippen molar-refractivity contribution < 1.29 is 144 Å². The molecular formula is C58H94O29. The topological polar surface area (TPSA) is 474 Å². The number of allylic oxidation sites excluding steroid dienone is 2. The lowest BCUT2D eigenvalue weighted by Gasteiger charge is -2.72. The zero-order chi connectivity index (χ0) is 63.6. The summed E-state index contributed by atoms with van der Waals surface area (Å²) in [6.45, 7) is 8.04. The smallest absolute Gasteiger partial charge is 0.317 e. The van der Waals surface area contributed by atoms with E-state index in [0.29, 0.717) is 32.1 Å². The van der Waals surface area contributed by atoms with Crippen LogP contribution in [0.3, 0.4) is 0 Å². The molecular weight excluding hydrogens is 1160 g/mol. The van der Waals surface area contributed by atoms with Gasteiger partial charge in [0.2, 0.25) is 6.29 Å². The molecule has 0 bridgehead atoms. The highest BCUT2D eigenvalue weighted by Crippen LogP contribution is 2.76. The molecule has 5 aliphatic heterocycles. The predicted molar refractivity (Wildman–Crippen MR) is 288 cm³/mol. The molecule has 500 valence electrons. The highest BCUT2D eigenvalue weighted by molar-refractivity contribution is 5.80. The first-order valence-electron chi connectivity index (χ1n) is 30.5. The van der Waals surface area contributed by atoms with E-state index in [1.807, 2.05) is 6.92 Å². The van der Waals surface area contributed by atoms with E-state index >= 15 is 4.79 Å². The molecule has 33 atom stereocenters. The minimum Gasteiger partial charge on any atom is -0.432 e. The summed E-state index contributed by atoms with van der Waals surface area (Å²) in [5.74, 6) is -2.39. The van der Waals surface area contributed by atoms with Crippen LogP contribution in [0.5, 0.6) is 0 Å². The number of fused-ring (bicyclic) bond motifs is 7. The first-order valence-corrected chi connectivity index (χ1v) is 30.5. The minimum atomic E-state index is -1.94. The van der Waals surface area contributed by atoms with Gasteiger partial charge in [0.1, 0.15) is 103 Å². The van der Waals surface area contributed by atoms with Crippen LogP contribution in [-0.4, -0.2) is 297 Å². The zero-order valence-electron chi connectivity index (χ0n) is 49.8. The van der Waals surface area contributed by atoms with Gasteiger partial charge in [-0.2, -0.15) is 0 Å². The zero-order valence-corrected chi connectivity index (χ0v) is 49.8. The molecule has 5 aliphatic carbocycles. The van der Waals surface area contributed by atoms with E-state index in [-0.39, 0.29) is 30.6 Å². The lowest BCUT2D eigenvalue weighted by atomic mass is 9.33. The number of rotatable bonds is 14. The highest BCUT2D eigenvalue weighted by Gasteiger charge is 2.74. The largest absolute Gasteiger partial charge is 0.432 e. The molecule has 0 spiro atoms. The van der Waals surface area contributed by atoms with Crippen LogP contribution < -0.4 is 0 Å². The summed E-state index contributed by atoms with van der Waals surface area (Å²) in [6.07, 6.45) is -38.3. The molecule has 5 saturated heterocycles. The number of hydrogen-bond donors (Lipinski definition) is 18. The van der Waals surface area contributed by atoms with Crippen molar-refractivity contribution in [1.82, 2.24) is 0 Å². The van der Waals surface area contributed by atoms with Crippen LogP contribution in [0.15, 0.2) is 11.6 Å². The van der Waals surface area contributed by atoms with Crippen molar-refractivity contribution in [3.63, 3.8) is 0 Å². The first-order chi connectivity index (χ1) is 40.8. The number of esters is 1. The maximum absolute atomic E-state index is 15.4. The molecule has 4 saturated carbocycles. The van der Waals surface area contributed by atoms with Crippen LogP contribution in [0, 0.1) is 50.2 Å². The van der Waals surface area contributed by atoms with Gasteiger partial charge in [0.25, 0.3) is 0 Å².